The fraction of sp³-hybridized carbons (Fsp3) is 0.286. The molecule has 0 aromatic heterocycles. The SMILES string of the molecule is C=CCCN(Cc1ccccc1)[C@@H](Cc1ccccc1)C(=O)OC. The quantitative estimate of drug-likeness (QED) is 0.518. The summed E-state index contributed by atoms with van der Waals surface area (Å²) in [6.07, 6.45) is 3.35. The monoisotopic (exact) mass is 323 g/mol. The van der Waals surface area contributed by atoms with Crippen molar-refractivity contribution >= 4 is 5.97 Å². The van der Waals surface area contributed by atoms with Crippen LogP contribution in [0.2, 0.25) is 0 Å². The molecular formula is C21H25NO2. The largest absolute Gasteiger partial charge is 0.468 e. The number of hydrogen-bond donors (Lipinski definition) is 0. The topological polar surface area (TPSA) is 29.5 Å². The van der Waals surface area contributed by atoms with Crippen LogP contribution in [0.4, 0.5) is 0 Å². The predicted octanol–water partition coefficient (Wildman–Crippen LogP) is 3.85. The third kappa shape index (κ3) is 5.36. The molecule has 0 aliphatic carbocycles. The molecule has 1 atom stereocenters. The van der Waals surface area contributed by atoms with Gasteiger partial charge >= 0.3 is 5.97 Å². The summed E-state index contributed by atoms with van der Waals surface area (Å²) in [6, 6.07) is 20.0. The first-order valence-electron chi connectivity index (χ1n) is 8.25. The molecule has 0 saturated heterocycles. The van der Waals surface area contributed by atoms with Crippen molar-refractivity contribution in [1.29, 1.82) is 0 Å². The zero-order valence-electron chi connectivity index (χ0n) is 14.2. The zero-order valence-corrected chi connectivity index (χ0v) is 14.2. The summed E-state index contributed by atoms with van der Waals surface area (Å²) in [4.78, 5) is 14.6. The molecule has 0 aliphatic heterocycles. The normalized spacial score (nSPS) is 11.9. The van der Waals surface area contributed by atoms with E-state index < -0.39 is 0 Å². The van der Waals surface area contributed by atoms with Gasteiger partial charge in [0.15, 0.2) is 0 Å². The first-order chi connectivity index (χ1) is 11.7. The molecule has 126 valence electrons. The van der Waals surface area contributed by atoms with E-state index in [0.29, 0.717) is 13.0 Å². The first-order valence-corrected chi connectivity index (χ1v) is 8.25. The van der Waals surface area contributed by atoms with E-state index in [4.69, 9.17) is 4.74 Å². The van der Waals surface area contributed by atoms with Crippen LogP contribution >= 0.6 is 0 Å². The Hall–Kier alpha value is -2.39. The van der Waals surface area contributed by atoms with Crippen LogP contribution in [0.5, 0.6) is 0 Å². The molecule has 24 heavy (non-hydrogen) atoms. The van der Waals surface area contributed by atoms with Gasteiger partial charge in [0.2, 0.25) is 0 Å². The summed E-state index contributed by atoms with van der Waals surface area (Å²) in [5.41, 5.74) is 2.31. The Balaban J connectivity index is 2.22. The molecule has 0 fully saturated rings. The van der Waals surface area contributed by atoms with E-state index in [2.05, 4.69) is 23.6 Å². The van der Waals surface area contributed by atoms with E-state index in [0.717, 1.165) is 18.5 Å². The molecule has 0 N–H and O–H groups in total. The smallest absolute Gasteiger partial charge is 0.323 e. The lowest BCUT2D eigenvalue weighted by Gasteiger charge is -2.30. The number of carbonyl (C=O) groups is 1. The van der Waals surface area contributed by atoms with Gasteiger partial charge in [-0.2, -0.15) is 0 Å². The van der Waals surface area contributed by atoms with Crippen LogP contribution in [0.3, 0.4) is 0 Å². The lowest BCUT2D eigenvalue weighted by molar-refractivity contribution is -0.147. The van der Waals surface area contributed by atoms with Crippen molar-refractivity contribution in [2.45, 2.75) is 25.4 Å². The highest BCUT2D eigenvalue weighted by molar-refractivity contribution is 5.76. The maximum absolute atomic E-state index is 12.4. The van der Waals surface area contributed by atoms with E-state index in [1.165, 1.54) is 12.7 Å². The van der Waals surface area contributed by atoms with Crippen molar-refractivity contribution in [3.8, 4) is 0 Å². The number of hydrogen-bond acceptors (Lipinski definition) is 3. The second-order valence-electron chi connectivity index (χ2n) is 5.76. The van der Waals surface area contributed by atoms with Crippen LogP contribution in [-0.2, 0) is 22.5 Å². The maximum Gasteiger partial charge on any atom is 0.323 e. The van der Waals surface area contributed by atoms with Gasteiger partial charge in [0.05, 0.1) is 7.11 Å². The number of rotatable bonds is 9. The van der Waals surface area contributed by atoms with Gasteiger partial charge in [-0.15, -0.1) is 6.58 Å². The van der Waals surface area contributed by atoms with Gasteiger partial charge in [-0.05, 0) is 24.0 Å². The summed E-state index contributed by atoms with van der Waals surface area (Å²) < 4.78 is 5.08. The maximum atomic E-state index is 12.4. The van der Waals surface area contributed by atoms with Gasteiger partial charge in [-0.25, -0.2) is 0 Å². The summed E-state index contributed by atoms with van der Waals surface area (Å²) in [7, 11) is 1.45. The van der Waals surface area contributed by atoms with Crippen LogP contribution in [0, 0.1) is 0 Å². The number of methoxy groups -OCH3 is 1. The Kier molecular flexibility index (Phi) is 7.24. The van der Waals surface area contributed by atoms with Gasteiger partial charge in [-0.3, -0.25) is 9.69 Å². The summed E-state index contributed by atoms with van der Waals surface area (Å²) in [5.74, 6) is -0.196. The van der Waals surface area contributed by atoms with Crippen molar-refractivity contribution in [3.05, 3.63) is 84.4 Å². The van der Waals surface area contributed by atoms with E-state index in [1.807, 2.05) is 54.6 Å². The zero-order chi connectivity index (χ0) is 17.2. The minimum atomic E-state index is -0.308. The van der Waals surface area contributed by atoms with E-state index in [1.54, 1.807) is 0 Å². The standard InChI is InChI=1S/C21H25NO2/c1-3-4-15-22(17-19-13-9-6-10-14-19)20(21(23)24-2)16-18-11-7-5-8-12-18/h3,5-14,20H,1,4,15-17H2,2H3/t20-/m0/s1. The van der Waals surface area contributed by atoms with Crippen molar-refractivity contribution in [1.82, 2.24) is 4.90 Å². The highest BCUT2D eigenvalue weighted by Crippen LogP contribution is 2.15. The molecule has 3 heteroatoms. The lowest BCUT2D eigenvalue weighted by Crippen LogP contribution is -2.43. The molecule has 0 aliphatic rings. The third-order valence-electron chi connectivity index (χ3n) is 4.03. The first kappa shape index (κ1) is 18.0. The second kappa shape index (κ2) is 9.68. The average Bonchev–Trinajstić information content (AvgIpc) is 2.64. The van der Waals surface area contributed by atoms with Crippen LogP contribution in [0.15, 0.2) is 73.3 Å². The van der Waals surface area contributed by atoms with Crippen molar-refractivity contribution < 1.29 is 9.53 Å². The lowest BCUT2D eigenvalue weighted by atomic mass is 10.0. The third-order valence-corrected chi connectivity index (χ3v) is 4.03. The Bertz CT molecular complexity index is 625. The number of benzene rings is 2. The fourth-order valence-electron chi connectivity index (χ4n) is 2.76. The molecular weight excluding hydrogens is 298 g/mol. The molecule has 2 aromatic carbocycles. The van der Waals surface area contributed by atoms with Crippen LogP contribution < -0.4 is 0 Å². The van der Waals surface area contributed by atoms with E-state index in [9.17, 15) is 4.79 Å². The minimum absolute atomic E-state index is 0.196. The second-order valence-corrected chi connectivity index (χ2v) is 5.76. The number of nitrogens with zero attached hydrogens (tertiary/aromatic N) is 1. The molecule has 0 heterocycles. The highest BCUT2D eigenvalue weighted by atomic mass is 16.5. The number of carbonyl (C=O) groups excluding carboxylic acids is 1. The Morgan fingerprint density at radius 2 is 1.67 bits per heavy atom. The molecule has 0 spiro atoms. The van der Waals surface area contributed by atoms with Gasteiger partial charge in [-0.1, -0.05) is 66.7 Å². The molecule has 2 aromatic rings. The summed E-state index contributed by atoms with van der Waals surface area (Å²) in [5, 5.41) is 0. The molecule has 0 bridgehead atoms. The average molecular weight is 323 g/mol. The minimum Gasteiger partial charge on any atom is -0.468 e. The van der Waals surface area contributed by atoms with E-state index in [-0.39, 0.29) is 12.0 Å². The summed E-state index contributed by atoms with van der Waals surface area (Å²) in [6.45, 7) is 5.28. The Morgan fingerprint density at radius 3 is 2.21 bits per heavy atom. The number of ether oxygens (including phenoxy) is 1. The summed E-state index contributed by atoms with van der Waals surface area (Å²) >= 11 is 0. The predicted molar refractivity (Wildman–Crippen MR) is 97.6 cm³/mol. The fourth-order valence-corrected chi connectivity index (χ4v) is 2.76. The van der Waals surface area contributed by atoms with Crippen LogP contribution in [-0.4, -0.2) is 30.6 Å². The van der Waals surface area contributed by atoms with Crippen molar-refractivity contribution in [3.63, 3.8) is 0 Å². The van der Waals surface area contributed by atoms with Gasteiger partial charge in [0.25, 0.3) is 0 Å². The Labute approximate surface area is 144 Å². The van der Waals surface area contributed by atoms with Crippen molar-refractivity contribution in [2.75, 3.05) is 13.7 Å². The van der Waals surface area contributed by atoms with Gasteiger partial charge in [0, 0.05) is 13.1 Å². The molecule has 3 nitrogen and oxygen atoms in total. The van der Waals surface area contributed by atoms with Gasteiger partial charge < -0.3 is 4.74 Å². The van der Waals surface area contributed by atoms with Crippen LogP contribution in [0.25, 0.3) is 0 Å². The highest BCUT2D eigenvalue weighted by Gasteiger charge is 2.26. The van der Waals surface area contributed by atoms with Crippen LogP contribution in [0.1, 0.15) is 17.5 Å². The van der Waals surface area contributed by atoms with E-state index >= 15 is 0 Å². The number of esters is 1. The molecule has 0 saturated carbocycles. The van der Waals surface area contributed by atoms with Gasteiger partial charge in [0.1, 0.15) is 6.04 Å². The Morgan fingerprint density at radius 1 is 1.08 bits per heavy atom. The molecule has 0 amide bonds. The molecule has 0 radical (unpaired) electrons. The molecule has 0 unspecified atom stereocenters. The van der Waals surface area contributed by atoms with Crippen molar-refractivity contribution in [2.24, 2.45) is 0 Å². The molecule has 2 rings (SSSR count).